The zero-order valence-corrected chi connectivity index (χ0v) is 26.0. The largest absolute Gasteiger partial charge is 0.495 e. The van der Waals surface area contributed by atoms with Crippen LogP contribution in [0.1, 0.15) is 36.8 Å². The standard InChI is InChI=1S/C31H35Cl2N3O5S/c1-41-29-17-16-24(32)19-27(29)36(42(2,39)40)21-30(37)35(20-23-12-6-9-15-26(23)33)28(18-22-10-4-3-5-11-22)31(38)34-25-13-7-8-14-25/h3-6,9-12,15-17,19,25,28H,7-8,13-14,18,20-21H2,1-2H3,(H,34,38)/t28-/m0/s1. The molecule has 0 radical (unpaired) electrons. The van der Waals surface area contributed by atoms with E-state index in [0.717, 1.165) is 41.8 Å². The van der Waals surface area contributed by atoms with Crippen LogP contribution in [-0.4, -0.2) is 57.1 Å². The molecule has 3 aromatic rings. The second-order valence-electron chi connectivity index (χ2n) is 10.4. The predicted octanol–water partition coefficient (Wildman–Crippen LogP) is 5.47. The Morgan fingerprint density at radius 2 is 1.67 bits per heavy atom. The molecule has 42 heavy (non-hydrogen) atoms. The van der Waals surface area contributed by atoms with Crippen molar-refractivity contribution in [3.63, 3.8) is 0 Å². The Kier molecular flexibility index (Phi) is 10.8. The molecular formula is C31H35Cl2N3O5S. The van der Waals surface area contributed by atoms with E-state index in [1.54, 1.807) is 30.3 Å². The van der Waals surface area contributed by atoms with Crippen LogP contribution < -0.4 is 14.4 Å². The van der Waals surface area contributed by atoms with Crippen LogP contribution in [0.5, 0.6) is 5.75 Å². The lowest BCUT2D eigenvalue weighted by atomic mass is 10.0. The number of ether oxygens (including phenoxy) is 1. The lowest BCUT2D eigenvalue weighted by Gasteiger charge is -2.34. The topological polar surface area (TPSA) is 96.0 Å². The van der Waals surface area contributed by atoms with Crippen LogP contribution in [-0.2, 0) is 32.6 Å². The number of rotatable bonds is 12. The SMILES string of the molecule is COc1ccc(Cl)cc1N(CC(=O)N(Cc1ccccc1Cl)[C@@H](Cc1ccccc1)C(=O)NC1CCCC1)S(C)(=O)=O. The number of carbonyl (C=O) groups is 2. The molecule has 3 aromatic carbocycles. The number of amides is 2. The fourth-order valence-electron chi connectivity index (χ4n) is 5.18. The average molecular weight is 633 g/mol. The summed E-state index contributed by atoms with van der Waals surface area (Å²) in [6.07, 6.45) is 5.04. The van der Waals surface area contributed by atoms with Gasteiger partial charge in [0, 0.05) is 29.1 Å². The van der Waals surface area contributed by atoms with Crippen molar-refractivity contribution >= 4 is 50.7 Å². The molecule has 0 aliphatic heterocycles. The normalized spacial score (nSPS) is 14.3. The van der Waals surface area contributed by atoms with E-state index in [2.05, 4.69) is 5.32 Å². The Morgan fingerprint density at radius 1 is 1.00 bits per heavy atom. The van der Waals surface area contributed by atoms with Gasteiger partial charge in [0.1, 0.15) is 18.3 Å². The Labute approximate surface area is 257 Å². The minimum absolute atomic E-state index is 0.00161. The molecule has 0 aromatic heterocycles. The van der Waals surface area contributed by atoms with Crippen LogP contribution in [0.2, 0.25) is 10.0 Å². The number of halogens is 2. The van der Waals surface area contributed by atoms with Crippen LogP contribution in [0.25, 0.3) is 0 Å². The van der Waals surface area contributed by atoms with Gasteiger partial charge in [-0.3, -0.25) is 13.9 Å². The van der Waals surface area contributed by atoms with E-state index in [1.807, 2.05) is 30.3 Å². The molecule has 1 aliphatic rings. The average Bonchev–Trinajstić information content (AvgIpc) is 3.47. The first-order chi connectivity index (χ1) is 20.1. The van der Waals surface area contributed by atoms with Gasteiger partial charge in [-0.1, -0.05) is 84.6 Å². The quantitative estimate of drug-likeness (QED) is 0.286. The van der Waals surface area contributed by atoms with Crippen LogP contribution in [0.4, 0.5) is 5.69 Å². The Balaban J connectivity index is 1.76. The highest BCUT2D eigenvalue weighted by Gasteiger charge is 2.35. The Hall–Kier alpha value is -3.27. The highest BCUT2D eigenvalue weighted by Crippen LogP contribution is 2.33. The second-order valence-corrected chi connectivity index (χ2v) is 13.1. The van der Waals surface area contributed by atoms with Crippen LogP contribution in [0.15, 0.2) is 72.8 Å². The summed E-state index contributed by atoms with van der Waals surface area (Å²) in [5.41, 5.74) is 1.61. The second kappa shape index (κ2) is 14.3. The third-order valence-electron chi connectivity index (χ3n) is 7.36. The smallest absolute Gasteiger partial charge is 0.244 e. The number of sulfonamides is 1. The van der Waals surface area contributed by atoms with E-state index in [9.17, 15) is 18.0 Å². The highest BCUT2D eigenvalue weighted by atomic mass is 35.5. The minimum Gasteiger partial charge on any atom is -0.495 e. The van der Waals surface area contributed by atoms with Crippen molar-refractivity contribution in [2.24, 2.45) is 0 Å². The number of hydrogen-bond donors (Lipinski definition) is 1. The van der Waals surface area contributed by atoms with E-state index >= 15 is 0 Å². The van der Waals surface area contributed by atoms with Crippen LogP contribution in [0.3, 0.4) is 0 Å². The zero-order valence-electron chi connectivity index (χ0n) is 23.6. The Bertz CT molecular complexity index is 1500. The minimum atomic E-state index is -3.98. The van der Waals surface area contributed by atoms with Crippen LogP contribution >= 0.6 is 23.2 Å². The van der Waals surface area contributed by atoms with Gasteiger partial charge >= 0.3 is 0 Å². The maximum Gasteiger partial charge on any atom is 0.244 e. The summed E-state index contributed by atoms with van der Waals surface area (Å²) in [6.45, 7) is -0.583. The fraction of sp³-hybridized carbons (Fsp3) is 0.355. The molecule has 0 bridgehead atoms. The van der Waals surface area contributed by atoms with Gasteiger partial charge in [0.25, 0.3) is 0 Å². The van der Waals surface area contributed by atoms with Gasteiger partial charge in [0.05, 0.1) is 19.1 Å². The van der Waals surface area contributed by atoms with Crippen molar-refractivity contribution < 1.29 is 22.7 Å². The van der Waals surface area contributed by atoms with Crippen molar-refractivity contribution in [1.82, 2.24) is 10.2 Å². The molecule has 1 saturated carbocycles. The Morgan fingerprint density at radius 3 is 2.31 bits per heavy atom. The summed E-state index contributed by atoms with van der Waals surface area (Å²) in [7, 11) is -2.58. The maximum absolute atomic E-state index is 14.3. The molecule has 1 N–H and O–H groups in total. The van der Waals surface area contributed by atoms with Crippen molar-refractivity contribution in [3.8, 4) is 5.75 Å². The van der Waals surface area contributed by atoms with E-state index in [4.69, 9.17) is 27.9 Å². The lowest BCUT2D eigenvalue weighted by molar-refractivity contribution is -0.140. The number of benzene rings is 3. The first kappa shape index (κ1) is 31.7. The first-order valence-electron chi connectivity index (χ1n) is 13.7. The van der Waals surface area contributed by atoms with E-state index in [1.165, 1.54) is 24.1 Å². The van der Waals surface area contributed by atoms with Crippen molar-refractivity contribution in [2.45, 2.75) is 50.7 Å². The molecule has 224 valence electrons. The molecular weight excluding hydrogens is 597 g/mol. The number of anilines is 1. The molecule has 0 heterocycles. The third-order valence-corrected chi connectivity index (χ3v) is 9.09. The van der Waals surface area contributed by atoms with Gasteiger partial charge in [-0.15, -0.1) is 0 Å². The number of nitrogens with zero attached hydrogens (tertiary/aromatic N) is 2. The summed E-state index contributed by atoms with van der Waals surface area (Å²) < 4.78 is 32.5. The number of methoxy groups -OCH3 is 1. The zero-order chi connectivity index (χ0) is 30.3. The summed E-state index contributed by atoms with van der Waals surface area (Å²) in [5.74, 6) is -0.641. The summed E-state index contributed by atoms with van der Waals surface area (Å²) in [6, 6.07) is 20.1. The molecule has 1 atom stereocenters. The molecule has 0 spiro atoms. The molecule has 1 aliphatic carbocycles. The van der Waals surface area contributed by atoms with Crippen molar-refractivity contribution in [2.75, 3.05) is 24.2 Å². The summed E-state index contributed by atoms with van der Waals surface area (Å²) in [4.78, 5) is 29.6. The molecule has 11 heteroatoms. The van der Waals surface area contributed by atoms with Gasteiger partial charge in [-0.25, -0.2) is 8.42 Å². The van der Waals surface area contributed by atoms with Gasteiger partial charge in [-0.05, 0) is 48.2 Å². The fourth-order valence-corrected chi connectivity index (χ4v) is 6.39. The van der Waals surface area contributed by atoms with Gasteiger partial charge in [-0.2, -0.15) is 0 Å². The summed E-state index contributed by atoms with van der Waals surface area (Å²) in [5, 5.41) is 3.85. The summed E-state index contributed by atoms with van der Waals surface area (Å²) >= 11 is 12.7. The molecule has 4 rings (SSSR count). The number of carbonyl (C=O) groups excluding carboxylic acids is 2. The van der Waals surface area contributed by atoms with Crippen molar-refractivity contribution in [1.29, 1.82) is 0 Å². The first-order valence-corrected chi connectivity index (χ1v) is 16.4. The van der Waals surface area contributed by atoms with Gasteiger partial charge in [0.15, 0.2) is 0 Å². The monoisotopic (exact) mass is 631 g/mol. The van der Waals surface area contributed by atoms with E-state index < -0.39 is 28.5 Å². The number of hydrogen-bond acceptors (Lipinski definition) is 5. The van der Waals surface area contributed by atoms with E-state index in [-0.39, 0.29) is 41.4 Å². The highest BCUT2D eigenvalue weighted by molar-refractivity contribution is 7.92. The van der Waals surface area contributed by atoms with Crippen LogP contribution in [0, 0.1) is 0 Å². The van der Waals surface area contributed by atoms with Crippen molar-refractivity contribution in [3.05, 3.63) is 94.0 Å². The third kappa shape index (κ3) is 8.18. The maximum atomic E-state index is 14.3. The van der Waals surface area contributed by atoms with E-state index in [0.29, 0.717) is 10.6 Å². The molecule has 0 unspecified atom stereocenters. The molecule has 2 amide bonds. The molecule has 8 nitrogen and oxygen atoms in total. The molecule has 0 saturated heterocycles. The number of nitrogens with one attached hydrogen (secondary N) is 1. The molecule has 1 fully saturated rings. The lowest BCUT2D eigenvalue weighted by Crippen LogP contribution is -2.54. The predicted molar refractivity (Wildman–Crippen MR) is 167 cm³/mol. The van der Waals surface area contributed by atoms with Gasteiger partial charge < -0.3 is 15.0 Å². The van der Waals surface area contributed by atoms with Gasteiger partial charge in [0.2, 0.25) is 21.8 Å².